The second kappa shape index (κ2) is 3.29. The number of carbonyl (C=O) groups excluding carboxylic acids is 1. The van der Waals surface area contributed by atoms with E-state index in [2.05, 4.69) is 6.07 Å². The molecule has 2 heteroatoms. The first-order valence-corrected chi connectivity index (χ1v) is 4.65. The molecule has 0 spiro atoms. The zero-order valence-corrected chi connectivity index (χ0v) is 8.33. The molecule has 2 nitrogen and oxygen atoms in total. The van der Waals surface area contributed by atoms with Gasteiger partial charge < -0.3 is 4.74 Å². The molecule has 0 aromatic heterocycles. The fourth-order valence-corrected chi connectivity index (χ4v) is 1.78. The molecule has 0 heterocycles. The molecule has 1 aliphatic rings. The summed E-state index contributed by atoms with van der Waals surface area (Å²) < 4.78 is 5.19. The Morgan fingerprint density at radius 3 is 2.79 bits per heavy atom. The average molecular weight is 188 g/mol. The van der Waals surface area contributed by atoms with E-state index in [1.54, 1.807) is 0 Å². The molecule has 0 saturated heterocycles. The monoisotopic (exact) mass is 188 g/mol. The summed E-state index contributed by atoms with van der Waals surface area (Å²) in [7, 11) is 0. The van der Waals surface area contributed by atoms with Crippen LogP contribution in [0.3, 0.4) is 0 Å². The Morgan fingerprint density at radius 1 is 1.36 bits per heavy atom. The molecule has 1 aliphatic carbocycles. The van der Waals surface area contributed by atoms with Crippen molar-refractivity contribution in [3.8, 4) is 0 Å². The van der Waals surface area contributed by atoms with Crippen molar-refractivity contribution >= 4 is 11.7 Å². The Hall–Kier alpha value is -1.57. The third-order valence-electron chi connectivity index (χ3n) is 2.35. The summed E-state index contributed by atoms with van der Waals surface area (Å²) in [5, 5.41) is 0. The van der Waals surface area contributed by atoms with Crippen LogP contribution in [-0.2, 0) is 16.0 Å². The first kappa shape index (κ1) is 9.00. The second-order valence-corrected chi connectivity index (χ2v) is 3.54. The molecule has 2 rings (SSSR count). The zero-order chi connectivity index (χ0) is 10.1. The molecule has 0 amide bonds. The highest BCUT2D eigenvalue weighted by Gasteiger charge is 2.20. The lowest BCUT2D eigenvalue weighted by Gasteiger charge is -2.05. The lowest BCUT2D eigenvalue weighted by atomic mass is 10.1. The number of benzene rings is 1. The molecule has 0 atom stereocenters. The predicted molar refractivity (Wildman–Crippen MR) is 54.5 cm³/mol. The van der Waals surface area contributed by atoms with Gasteiger partial charge in [-0.1, -0.05) is 24.3 Å². The average Bonchev–Trinajstić information content (AvgIpc) is 2.43. The van der Waals surface area contributed by atoms with Crippen LogP contribution >= 0.6 is 0 Å². The van der Waals surface area contributed by atoms with E-state index in [1.165, 1.54) is 12.5 Å². The van der Waals surface area contributed by atoms with E-state index in [9.17, 15) is 4.79 Å². The van der Waals surface area contributed by atoms with Gasteiger partial charge in [-0.3, -0.25) is 4.79 Å². The Bertz CT molecular complexity index is 416. The lowest BCUT2D eigenvalue weighted by Crippen LogP contribution is -1.97. The molecule has 1 aromatic rings. The minimum atomic E-state index is -0.254. The van der Waals surface area contributed by atoms with E-state index in [4.69, 9.17) is 4.74 Å². The quantitative estimate of drug-likeness (QED) is 0.633. The Balaban J connectivity index is 2.41. The maximum atomic E-state index is 10.9. The number of carbonyl (C=O) groups is 1. The number of fused-ring (bicyclic) bond motifs is 1. The zero-order valence-electron chi connectivity index (χ0n) is 8.33. The Kier molecular flexibility index (Phi) is 2.12. The molecule has 0 unspecified atom stereocenters. The van der Waals surface area contributed by atoms with Gasteiger partial charge in [-0.15, -0.1) is 0 Å². The highest BCUT2D eigenvalue weighted by atomic mass is 16.5. The Morgan fingerprint density at radius 2 is 2.07 bits per heavy atom. The molecule has 0 fully saturated rings. The lowest BCUT2D eigenvalue weighted by molar-refractivity contribution is -0.134. The summed E-state index contributed by atoms with van der Waals surface area (Å²) in [6, 6.07) is 8.02. The third kappa shape index (κ3) is 1.43. The number of ether oxygens (including phenoxy) is 1. The van der Waals surface area contributed by atoms with E-state index >= 15 is 0 Å². The summed E-state index contributed by atoms with van der Waals surface area (Å²) in [6.45, 7) is 3.43. The molecular formula is C12H12O2. The van der Waals surface area contributed by atoms with Gasteiger partial charge in [0.2, 0.25) is 0 Å². The molecule has 0 saturated carbocycles. The van der Waals surface area contributed by atoms with Gasteiger partial charge in [0.15, 0.2) is 0 Å². The van der Waals surface area contributed by atoms with E-state index in [-0.39, 0.29) is 5.97 Å². The van der Waals surface area contributed by atoms with Crippen LogP contribution in [0.25, 0.3) is 5.76 Å². The van der Waals surface area contributed by atoms with Gasteiger partial charge in [-0.25, -0.2) is 0 Å². The van der Waals surface area contributed by atoms with Crippen molar-refractivity contribution in [2.75, 3.05) is 0 Å². The molecule has 14 heavy (non-hydrogen) atoms. The summed E-state index contributed by atoms with van der Waals surface area (Å²) in [5.41, 5.74) is 3.42. The number of hydrogen-bond acceptors (Lipinski definition) is 2. The van der Waals surface area contributed by atoms with Crippen molar-refractivity contribution in [3.63, 3.8) is 0 Å². The van der Waals surface area contributed by atoms with Crippen LogP contribution in [-0.4, -0.2) is 5.97 Å². The van der Waals surface area contributed by atoms with E-state index in [1.807, 2.05) is 25.1 Å². The van der Waals surface area contributed by atoms with Crippen molar-refractivity contribution < 1.29 is 9.53 Å². The highest BCUT2D eigenvalue weighted by Crippen LogP contribution is 2.32. The van der Waals surface area contributed by atoms with Gasteiger partial charge in [-0.2, -0.15) is 0 Å². The largest absolute Gasteiger partial charge is 0.426 e. The number of allylic oxidation sites excluding steroid dienone is 1. The molecule has 1 aromatic carbocycles. The van der Waals surface area contributed by atoms with Gasteiger partial charge in [0.05, 0.1) is 0 Å². The topological polar surface area (TPSA) is 26.3 Å². The molecule has 72 valence electrons. The van der Waals surface area contributed by atoms with Crippen LogP contribution in [0.4, 0.5) is 0 Å². The molecule has 0 N–H and O–H groups in total. The van der Waals surface area contributed by atoms with E-state index < -0.39 is 0 Å². The predicted octanol–water partition coefficient (Wildman–Crippen LogP) is 2.54. The SMILES string of the molecule is CC(=O)OC1=C(C)Cc2ccccc21. The number of esters is 1. The second-order valence-electron chi connectivity index (χ2n) is 3.54. The third-order valence-corrected chi connectivity index (χ3v) is 2.35. The highest BCUT2D eigenvalue weighted by molar-refractivity contribution is 5.80. The van der Waals surface area contributed by atoms with Crippen LogP contribution in [0.1, 0.15) is 25.0 Å². The summed E-state index contributed by atoms with van der Waals surface area (Å²) in [5.74, 6) is 0.490. The minimum absolute atomic E-state index is 0.254. The fraction of sp³-hybridized carbons (Fsp3) is 0.250. The Labute approximate surface area is 83.2 Å². The maximum absolute atomic E-state index is 10.9. The fourth-order valence-electron chi connectivity index (χ4n) is 1.78. The molecule has 0 bridgehead atoms. The summed E-state index contributed by atoms with van der Waals surface area (Å²) in [4.78, 5) is 10.9. The van der Waals surface area contributed by atoms with E-state index in [0.29, 0.717) is 0 Å². The first-order chi connectivity index (χ1) is 6.68. The van der Waals surface area contributed by atoms with Crippen LogP contribution in [0.15, 0.2) is 29.8 Å². The summed E-state index contributed by atoms with van der Waals surface area (Å²) >= 11 is 0. The van der Waals surface area contributed by atoms with E-state index in [0.717, 1.165) is 23.3 Å². The van der Waals surface area contributed by atoms with Crippen LogP contribution in [0.5, 0.6) is 0 Å². The maximum Gasteiger partial charge on any atom is 0.308 e. The van der Waals surface area contributed by atoms with Gasteiger partial charge >= 0.3 is 5.97 Å². The standard InChI is InChI=1S/C12H12O2/c1-8-7-10-5-3-4-6-11(10)12(8)14-9(2)13/h3-6H,7H2,1-2H3. The normalized spacial score (nSPS) is 14.1. The van der Waals surface area contributed by atoms with Gasteiger partial charge in [0, 0.05) is 12.5 Å². The molecule has 0 radical (unpaired) electrons. The molecular weight excluding hydrogens is 176 g/mol. The van der Waals surface area contributed by atoms with Gasteiger partial charge in [-0.05, 0) is 24.5 Å². The minimum Gasteiger partial charge on any atom is -0.426 e. The van der Waals surface area contributed by atoms with Crippen LogP contribution in [0, 0.1) is 0 Å². The summed E-state index contributed by atoms with van der Waals surface area (Å²) in [6.07, 6.45) is 0.888. The number of rotatable bonds is 1. The van der Waals surface area contributed by atoms with Crippen molar-refractivity contribution in [1.29, 1.82) is 0 Å². The number of hydrogen-bond donors (Lipinski definition) is 0. The van der Waals surface area contributed by atoms with Crippen molar-refractivity contribution in [2.24, 2.45) is 0 Å². The van der Waals surface area contributed by atoms with Gasteiger partial charge in [0.25, 0.3) is 0 Å². The van der Waals surface area contributed by atoms with Crippen LogP contribution in [0.2, 0.25) is 0 Å². The molecule has 0 aliphatic heterocycles. The van der Waals surface area contributed by atoms with Crippen molar-refractivity contribution in [3.05, 3.63) is 41.0 Å². The van der Waals surface area contributed by atoms with Crippen molar-refractivity contribution in [2.45, 2.75) is 20.3 Å². The van der Waals surface area contributed by atoms with Gasteiger partial charge in [0.1, 0.15) is 5.76 Å². The van der Waals surface area contributed by atoms with Crippen LogP contribution < -0.4 is 0 Å². The first-order valence-electron chi connectivity index (χ1n) is 4.65. The smallest absolute Gasteiger partial charge is 0.308 e. The van der Waals surface area contributed by atoms with Crippen molar-refractivity contribution in [1.82, 2.24) is 0 Å².